The van der Waals surface area contributed by atoms with E-state index >= 15 is 0 Å². The first-order chi connectivity index (χ1) is 11.2. The highest BCUT2D eigenvalue weighted by atomic mass is 35.5. The Labute approximate surface area is 140 Å². The molecule has 1 saturated heterocycles. The smallest absolute Gasteiger partial charge is 0.227 e. The summed E-state index contributed by atoms with van der Waals surface area (Å²) in [5.41, 5.74) is 0.753. The molecular weight excluding hydrogens is 314 g/mol. The monoisotopic (exact) mass is 333 g/mol. The molecule has 23 heavy (non-hydrogen) atoms. The lowest BCUT2D eigenvalue weighted by molar-refractivity contribution is -0.132. The molecule has 3 rings (SSSR count). The Morgan fingerprint density at radius 1 is 1.43 bits per heavy atom. The van der Waals surface area contributed by atoms with Gasteiger partial charge in [0.25, 0.3) is 0 Å². The largest absolute Gasteiger partial charge is 0.496 e. The van der Waals surface area contributed by atoms with Gasteiger partial charge in [-0.25, -0.2) is 0 Å². The maximum absolute atomic E-state index is 12.7. The van der Waals surface area contributed by atoms with Gasteiger partial charge in [-0.3, -0.25) is 9.48 Å². The predicted molar refractivity (Wildman–Crippen MR) is 88.8 cm³/mol. The van der Waals surface area contributed by atoms with E-state index in [0.717, 1.165) is 24.9 Å². The summed E-state index contributed by atoms with van der Waals surface area (Å²) in [5, 5.41) is 4.86. The summed E-state index contributed by atoms with van der Waals surface area (Å²) in [4.78, 5) is 14.6. The number of hydrogen-bond donors (Lipinski definition) is 0. The number of likely N-dealkylation sites (tertiary alicyclic amines) is 1. The molecule has 1 aromatic carbocycles. The minimum absolute atomic E-state index is 0.0771. The van der Waals surface area contributed by atoms with Crippen molar-refractivity contribution in [2.45, 2.75) is 25.3 Å². The first-order valence-electron chi connectivity index (χ1n) is 7.77. The van der Waals surface area contributed by atoms with E-state index in [0.29, 0.717) is 17.3 Å². The molecule has 6 heteroatoms. The van der Waals surface area contributed by atoms with E-state index in [1.807, 2.05) is 34.0 Å². The van der Waals surface area contributed by atoms with Gasteiger partial charge in [0, 0.05) is 36.1 Å². The van der Waals surface area contributed by atoms with Crippen molar-refractivity contribution in [2.24, 2.45) is 0 Å². The SMILES string of the molecule is COc1cccc(Cl)c1CC(=O)N1CCCC(n2cccn2)C1. The zero-order valence-corrected chi connectivity index (χ0v) is 13.9. The number of methoxy groups -OCH3 is 1. The predicted octanol–water partition coefficient (Wildman–Crippen LogP) is 2.95. The van der Waals surface area contributed by atoms with Crippen molar-refractivity contribution in [3.63, 3.8) is 0 Å². The van der Waals surface area contributed by atoms with Crippen molar-refractivity contribution in [3.05, 3.63) is 47.2 Å². The fourth-order valence-corrected chi connectivity index (χ4v) is 3.29. The lowest BCUT2D eigenvalue weighted by Gasteiger charge is -2.33. The third-order valence-corrected chi connectivity index (χ3v) is 4.63. The molecule has 1 atom stereocenters. The molecule has 2 heterocycles. The molecular formula is C17H20ClN3O2. The Morgan fingerprint density at radius 2 is 2.30 bits per heavy atom. The molecule has 5 nitrogen and oxygen atoms in total. The van der Waals surface area contributed by atoms with Crippen molar-refractivity contribution in [2.75, 3.05) is 20.2 Å². The van der Waals surface area contributed by atoms with Crippen LogP contribution in [0.25, 0.3) is 0 Å². The minimum atomic E-state index is 0.0771. The van der Waals surface area contributed by atoms with Crippen molar-refractivity contribution in [1.29, 1.82) is 0 Å². The van der Waals surface area contributed by atoms with Crippen LogP contribution in [0.5, 0.6) is 5.75 Å². The lowest BCUT2D eigenvalue weighted by Crippen LogP contribution is -2.41. The first kappa shape index (κ1) is 15.9. The van der Waals surface area contributed by atoms with Crippen LogP contribution in [0, 0.1) is 0 Å². The van der Waals surface area contributed by atoms with Crippen LogP contribution in [-0.4, -0.2) is 40.8 Å². The molecule has 0 N–H and O–H groups in total. The Kier molecular flexibility index (Phi) is 4.86. The third-order valence-electron chi connectivity index (χ3n) is 4.27. The summed E-state index contributed by atoms with van der Waals surface area (Å²) in [6.45, 7) is 1.47. The van der Waals surface area contributed by atoms with Crippen LogP contribution in [0.1, 0.15) is 24.4 Å². The molecule has 122 valence electrons. The number of aromatic nitrogens is 2. The Hall–Kier alpha value is -2.01. The van der Waals surface area contributed by atoms with Crippen molar-refractivity contribution >= 4 is 17.5 Å². The van der Waals surface area contributed by atoms with E-state index in [4.69, 9.17) is 16.3 Å². The van der Waals surface area contributed by atoms with Gasteiger partial charge in [0.2, 0.25) is 5.91 Å². The zero-order valence-electron chi connectivity index (χ0n) is 13.1. The van der Waals surface area contributed by atoms with Gasteiger partial charge in [0.15, 0.2) is 0 Å². The van der Waals surface area contributed by atoms with Crippen LogP contribution in [0.2, 0.25) is 5.02 Å². The normalized spacial score (nSPS) is 18.0. The van der Waals surface area contributed by atoms with Gasteiger partial charge in [0.1, 0.15) is 5.75 Å². The maximum Gasteiger partial charge on any atom is 0.227 e. The summed E-state index contributed by atoms with van der Waals surface area (Å²) >= 11 is 6.24. The number of rotatable bonds is 4. The summed E-state index contributed by atoms with van der Waals surface area (Å²) in [7, 11) is 1.59. The molecule has 1 unspecified atom stereocenters. The quantitative estimate of drug-likeness (QED) is 0.864. The van der Waals surface area contributed by atoms with Crippen molar-refractivity contribution in [3.8, 4) is 5.75 Å². The first-order valence-corrected chi connectivity index (χ1v) is 8.15. The van der Waals surface area contributed by atoms with Gasteiger partial charge in [-0.05, 0) is 31.0 Å². The molecule has 1 aliphatic rings. The van der Waals surface area contributed by atoms with Gasteiger partial charge < -0.3 is 9.64 Å². The molecule has 2 aromatic rings. The number of halogens is 1. The van der Waals surface area contributed by atoms with E-state index in [9.17, 15) is 4.79 Å². The fourth-order valence-electron chi connectivity index (χ4n) is 3.06. The molecule has 1 amide bonds. The Balaban J connectivity index is 1.71. The van der Waals surface area contributed by atoms with E-state index in [2.05, 4.69) is 5.10 Å². The average molecular weight is 334 g/mol. The standard InChI is InChI=1S/C17H20ClN3O2/c1-23-16-7-2-6-15(18)14(16)11-17(22)20-9-3-5-13(12-20)21-10-4-8-19-21/h2,4,6-8,10,13H,3,5,9,11-12H2,1H3. The van der Waals surface area contributed by atoms with E-state index in [1.165, 1.54) is 0 Å². The van der Waals surface area contributed by atoms with Gasteiger partial charge in [0.05, 0.1) is 19.6 Å². The number of carbonyl (C=O) groups is 1. The van der Waals surface area contributed by atoms with Crippen LogP contribution in [0.15, 0.2) is 36.7 Å². The number of hydrogen-bond acceptors (Lipinski definition) is 3. The van der Waals surface area contributed by atoms with Gasteiger partial charge in [-0.1, -0.05) is 17.7 Å². The lowest BCUT2D eigenvalue weighted by atomic mass is 10.0. The minimum Gasteiger partial charge on any atom is -0.496 e. The average Bonchev–Trinajstić information content (AvgIpc) is 3.11. The second kappa shape index (κ2) is 7.04. The number of piperidine rings is 1. The van der Waals surface area contributed by atoms with E-state index < -0.39 is 0 Å². The third kappa shape index (κ3) is 3.50. The van der Waals surface area contributed by atoms with Crippen LogP contribution < -0.4 is 4.74 Å². The Bertz CT molecular complexity index is 672. The number of amides is 1. The topological polar surface area (TPSA) is 47.4 Å². The molecule has 1 aromatic heterocycles. The fraction of sp³-hybridized carbons (Fsp3) is 0.412. The van der Waals surface area contributed by atoms with Crippen molar-refractivity contribution < 1.29 is 9.53 Å². The van der Waals surface area contributed by atoms with Crippen LogP contribution in [0.3, 0.4) is 0 Å². The summed E-state index contributed by atoms with van der Waals surface area (Å²) < 4.78 is 7.27. The maximum atomic E-state index is 12.7. The van der Waals surface area contributed by atoms with Gasteiger partial charge in [-0.2, -0.15) is 5.10 Å². The second-order valence-electron chi connectivity index (χ2n) is 5.72. The molecule has 0 spiro atoms. The molecule has 1 aliphatic heterocycles. The molecule has 1 fully saturated rings. The number of carbonyl (C=O) groups excluding carboxylic acids is 1. The van der Waals surface area contributed by atoms with Gasteiger partial charge in [-0.15, -0.1) is 0 Å². The van der Waals surface area contributed by atoms with Crippen LogP contribution in [0.4, 0.5) is 0 Å². The molecule has 0 saturated carbocycles. The molecule has 0 bridgehead atoms. The number of ether oxygens (including phenoxy) is 1. The number of nitrogens with zero attached hydrogens (tertiary/aromatic N) is 3. The van der Waals surface area contributed by atoms with Gasteiger partial charge >= 0.3 is 0 Å². The van der Waals surface area contributed by atoms with E-state index in [1.54, 1.807) is 19.4 Å². The Morgan fingerprint density at radius 3 is 3.04 bits per heavy atom. The van der Waals surface area contributed by atoms with E-state index in [-0.39, 0.29) is 18.4 Å². The molecule has 0 aliphatic carbocycles. The van der Waals surface area contributed by atoms with Crippen LogP contribution in [-0.2, 0) is 11.2 Å². The van der Waals surface area contributed by atoms with Crippen LogP contribution >= 0.6 is 11.6 Å². The number of benzene rings is 1. The summed E-state index contributed by atoms with van der Waals surface area (Å²) in [6.07, 6.45) is 6.01. The summed E-state index contributed by atoms with van der Waals surface area (Å²) in [6, 6.07) is 7.60. The summed E-state index contributed by atoms with van der Waals surface area (Å²) in [5.74, 6) is 0.736. The zero-order chi connectivity index (χ0) is 16.2. The van der Waals surface area contributed by atoms with Crippen molar-refractivity contribution in [1.82, 2.24) is 14.7 Å². The highest BCUT2D eigenvalue weighted by molar-refractivity contribution is 6.31. The highest BCUT2D eigenvalue weighted by Crippen LogP contribution is 2.28. The second-order valence-corrected chi connectivity index (χ2v) is 6.13. The highest BCUT2D eigenvalue weighted by Gasteiger charge is 2.26. The molecule has 0 radical (unpaired) electrons.